The van der Waals surface area contributed by atoms with E-state index >= 15 is 0 Å². The first-order chi connectivity index (χ1) is 7.34. The number of ketones is 1. The van der Waals surface area contributed by atoms with Gasteiger partial charge in [0, 0.05) is 5.92 Å². The van der Waals surface area contributed by atoms with Crippen LogP contribution in [-0.2, 0) is 4.79 Å². The van der Waals surface area contributed by atoms with E-state index in [2.05, 4.69) is 0 Å². The molecule has 1 rings (SSSR count). The van der Waals surface area contributed by atoms with E-state index in [-0.39, 0.29) is 18.1 Å². The summed E-state index contributed by atoms with van der Waals surface area (Å²) in [5.41, 5.74) is 0. The van der Waals surface area contributed by atoms with Gasteiger partial charge in [0.2, 0.25) is 0 Å². The number of carbonyl (C=O) groups excluding carboxylic acids is 1. The molecule has 0 unspecified atom stereocenters. The largest absolute Gasteiger partial charge is 0.298 e. The van der Waals surface area contributed by atoms with E-state index in [0.717, 1.165) is 12.8 Å². The van der Waals surface area contributed by atoms with Crippen molar-refractivity contribution in [1.82, 2.24) is 0 Å². The lowest BCUT2D eigenvalue weighted by atomic mass is 9.88. The van der Waals surface area contributed by atoms with Crippen molar-refractivity contribution in [3.63, 3.8) is 0 Å². The van der Waals surface area contributed by atoms with E-state index in [9.17, 15) is 4.79 Å². The summed E-state index contributed by atoms with van der Waals surface area (Å²) >= 11 is 0. The molecule has 2 nitrogen and oxygen atoms in total. The van der Waals surface area contributed by atoms with Gasteiger partial charge in [-0.3, -0.25) is 4.79 Å². The zero-order valence-electron chi connectivity index (χ0n) is 9.50. The molecule has 2 heteroatoms. The van der Waals surface area contributed by atoms with Crippen molar-refractivity contribution in [3.8, 4) is 6.07 Å². The van der Waals surface area contributed by atoms with Crippen molar-refractivity contribution in [2.45, 2.75) is 64.2 Å². The number of nitriles is 1. The van der Waals surface area contributed by atoms with Crippen molar-refractivity contribution < 1.29 is 4.79 Å². The van der Waals surface area contributed by atoms with Gasteiger partial charge in [0.1, 0.15) is 5.78 Å². The molecular weight excluding hydrogens is 186 g/mol. The summed E-state index contributed by atoms with van der Waals surface area (Å²) < 4.78 is 0. The standard InChI is InChI=1S/C13H21NO/c14-11-10-13(15)12-8-6-4-2-1-3-5-7-9-12/h12H,1-10H2. The topological polar surface area (TPSA) is 40.9 Å². The van der Waals surface area contributed by atoms with Crippen LogP contribution in [0, 0.1) is 17.2 Å². The fourth-order valence-electron chi connectivity index (χ4n) is 2.35. The molecule has 1 aliphatic carbocycles. The molecule has 1 aliphatic rings. The van der Waals surface area contributed by atoms with Crippen molar-refractivity contribution >= 4 is 5.78 Å². The molecule has 84 valence electrons. The maximum Gasteiger partial charge on any atom is 0.149 e. The Labute approximate surface area is 92.7 Å². The summed E-state index contributed by atoms with van der Waals surface area (Å²) in [4.78, 5) is 11.6. The molecular formula is C13H21NO. The molecule has 0 aliphatic heterocycles. The summed E-state index contributed by atoms with van der Waals surface area (Å²) in [7, 11) is 0. The lowest BCUT2D eigenvalue weighted by molar-refractivity contribution is -0.122. The summed E-state index contributed by atoms with van der Waals surface area (Å²) in [6.07, 6.45) is 11.0. The molecule has 0 heterocycles. The molecule has 1 fully saturated rings. The molecule has 15 heavy (non-hydrogen) atoms. The van der Waals surface area contributed by atoms with Crippen molar-refractivity contribution in [1.29, 1.82) is 5.26 Å². The van der Waals surface area contributed by atoms with E-state index in [1.54, 1.807) is 0 Å². The summed E-state index contributed by atoms with van der Waals surface area (Å²) in [6, 6.07) is 1.98. The SMILES string of the molecule is N#CCC(=O)C1CCCCCCCCC1. The molecule has 0 aromatic rings. The van der Waals surface area contributed by atoms with Gasteiger partial charge in [-0.1, -0.05) is 44.9 Å². The first-order valence-corrected chi connectivity index (χ1v) is 6.24. The maximum atomic E-state index is 11.6. The van der Waals surface area contributed by atoms with Gasteiger partial charge in [0.05, 0.1) is 12.5 Å². The van der Waals surface area contributed by atoms with Crippen LogP contribution in [0.15, 0.2) is 0 Å². The van der Waals surface area contributed by atoms with Gasteiger partial charge >= 0.3 is 0 Å². The van der Waals surface area contributed by atoms with Crippen LogP contribution in [0.5, 0.6) is 0 Å². The highest BCUT2D eigenvalue weighted by atomic mass is 16.1. The fraction of sp³-hybridized carbons (Fsp3) is 0.846. The Morgan fingerprint density at radius 1 is 1.00 bits per heavy atom. The van der Waals surface area contributed by atoms with E-state index < -0.39 is 0 Å². The number of nitrogens with zero attached hydrogens (tertiary/aromatic N) is 1. The van der Waals surface area contributed by atoms with E-state index in [1.807, 2.05) is 6.07 Å². The van der Waals surface area contributed by atoms with Gasteiger partial charge < -0.3 is 0 Å². The summed E-state index contributed by atoms with van der Waals surface area (Å²) in [5, 5.41) is 8.52. The van der Waals surface area contributed by atoms with Crippen LogP contribution < -0.4 is 0 Å². The fourth-order valence-corrected chi connectivity index (χ4v) is 2.35. The van der Waals surface area contributed by atoms with E-state index in [4.69, 9.17) is 5.26 Å². The third-order valence-electron chi connectivity index (χ3n) is 3.31. The van der Waals surface area contributed by atoms with Gasteiger partial charge in [-0.2, -0.15) is 5.26 Å². The van der Waals surface area contributed by atoms with Gasteiger partial charge in [-0.05, 0) is 12.8 Å². The zero-order chi connectivity index (χ0) is 10.9. The van der Waals surface area contributed by atoms with Crippen LogP contribution in [0.2, 0.25) is 0 Å². The van der Waals surface area contributed by atoms with Crippen LogP contribution in [0.1, 0.15) is 64.2 Å². The highest BCUT2D eigenvalue weighted by Crippen LogP contribution is 2.22. The smallest absolute Gasteiger partial charge is 0.149 e. The minimum atomic E-state index is 0.116. The van der Waals surface area contributed by atoms with Crippen molar-refractivity contribution in [2.75, 3.05) is 0 Å². The van der Waals surface area contributed by atoms with Crippen LogP contribution in [-0.4, -0.2) is 5.78 Å². The third kappa shape index (κ3) is 4.97. The number of rotatable bonds is 2. The second kappa shape index (κ2) is 7.45. The van der Waals surface area contributed by atoms with Crippen LogP contribution in [0.4, 0.5) is 0 Å². The van der Waals surface area contributed by atoms with Gasteiger partial charge in [-0.15, -0.1) is 0 Å². The molecule has 0 spiro atoms. The highest BCUT2D eigenvalue weighted by Gasteiger charge is 2.17. The predicted molar refractivity (Wildman–Crippen MR) is 60.3 cm³/mol. The van der Waals surface area contributed by atoms with E-state index in [0.29, 0.717) is 0 Å². The second-order valence-electron chi connectivity index (χ2n) is 4.55. The first kappa shape index (κ1) is 12.2. The van der Waals surface area contributed by atoms with Crippen LogP contribution in [0.3, 0.4) is 0 Å². The quantitative estimate of drug-likeness (QED) is 0.694. The van der Waals surface area contributed by atoms with Crippen LogP contribution in [0.25, 0.3) is 0 Å². The number of Topliss-reactive ketones (excluding diaryl/α,β-unsaturated/α-hetero) is 1. The molecule has 0 bridgehead atoms. The minimum Gasteiger partial charge on any atom is -0.298 e. The van der Waals surface area contributed by atoms with Crippen molar-refractivity contribution in [2.24, 2.45) is 5.92 Å². The zero-order valence-corrected chi connectivity index (χ0v) is 9.50. The molecule has 0 N–H and O–H groups in total. The number of carbonyl (C=O) groups is 1. The molecule has 0 atom stereocenters. The Hall–Kier alpha value is -0.840. The molecule has 0 radical (unpaired) electrons. The van der Waals surface area contributed by atoms with Crippen molar-refractivity contribution in [3.05, 3.63) is 0 Å². The Morgan fingerprint density at radius 2 is 1.47 bits per heavy atom. The normalized spacial score (nSPS) is 20.5. The molecule has 0 amide bonds. The average molecular weight is 207 g/mol. The minimum absolute atomic E-state index is 0.116. The molecule has 0 saturated heterocycles. The third-order valence-corrected chi connectivity index (χ3v) is 3.31. The number of hydrogen-bond acceptors (Lipinski definition) is 2. The first-order valence-electron chi connectivity index (χ1n) is 6.24. The summed E-state index contributed by atoms with van der Waals surface area (Å²) in [5.74, 6) is 0.362. The highest BCUT2D eigenvalue weighted by molar-refractivity contribution is 5.82. The van der Waals surface area contributed by atoms with Gasteiger partial charge in [-0.25, -0.2) is 0 Å². The maximum absolute atomic E-state index is 11.6. The second-order valence-corrected chi connectivity index (χ2v) is 4.55. The Bertz CT molecular complexity index is 219. The Balaban J connectivity index is 2.38. The number of hydrogen-bond donors (Lipinski definition) is 0. The Morgan fingerprint density at radius 3 is 1.93 bits per heavy atom. The average Bonchev–Trinajstić information content (AvgIpc) is 2.26. The van der Waals surface area contributed by atoms with Gasteiger partial charge in [0.25, 0.3) is 0 Å². The lowest BCUT2D eigenvalue weighted by Gasteiger charge is -2.15. The van der Waals surface area contributed by atoms with E-state index in [1.165, 1.54) is 44.9 Å². The lowest BCUT2D eigenvalue weighted by Crippen LogP contribution is -2.14. The predicted octanol–water partition coefficient (Wildman–Crippen LogP) is 3.61. The molecule has 1 saturated carbocycles. The Kier molecular flexibility index (Phi) is 6.08. The van der Waals surface area contributed by atoms with Crippen LogP contribution >= 0.6 is 0 Å². The molecule has 0 aromatic carbocycles. The monoisotopic (exact) mass is 207 g/mol. The summed E-state index contributed by atoms with van der Waals surface area (Å²) in [6.45, 7) is 0. The molecule has 0 aromatic heterocycles. The van der Waals surface area contributed by atoms with Gasteiger partial charge in [0.15, 0.2) is 0 Å².